The molecule has 0 saturated carbocycles. The van der Waals surface area contributed by atoms with Gasteiger partial charge in [-0.1, -0.05) is 49.9 Å². The van der Waals surface area contributed by atoms with Crippen LogP contribution in [0.25, 0.3) is 11.1 Å². The predicted molar refractivity (Wildman–Crippen MR) is 79.1 cm³/mol. The number of aliphatic hydroxyl groups is 1. The second-order valence-corrected chi connectivity index (χ2v) is 6.07. The molecule has 0 amide bonds. The van der Waals surface area contributed by atoms with Crippen molar-refractivity contribution >= 4 is 31.9 Å². The lowest BCUT2D eigenvalue weighted by atomic mass is 9.93. The van der Waals surface area contributed by atoms with Gasteiger partial charge in [-0.2, -0.15) is 0 Å². The van der Waals surface area contributed by atoms with Gasteiger partial charge < -0.3 is 5.11 Å². The maximum absolute atomic E-state index is 10.8. The third-order valence-corrected chi connectivity index (χ3v) is 4.23. The molecule has 1 aliphatic rings. The number of rotatable bonds is 0. The van der Waals surface area contributed by atoms with Gasteiger partial charge in [-0.15, -0.1) is 6.42 Å². The molecule has 18 heavy (non-hydrogen) atoms. The van der Waals surface area contributed by atoms with E-state index in [1.54, 1.807) is 0 Å². The molecule has 0 bridgehead atoms. The number of halogens is 2. The van der Waals surface area contributed by atoms with E-state index in [0.717, 1.165) is 31.2 Å². The molecule has 3 rings (SSSR count). The van der Waals surface area contributed by atoms with E-state index in [4.69, 9.17) is 6.42 Å². The first-order chi connectivity index (χ1) is 8.56. The predicted octanol–water partition coefficient (Wildman–Crippen LogP) is 4.06. The second kappa shape index (κ2) is 3.96. The SMILES string of the molecule is C#CC1(O)c2cc(Br)ccc2-c2ccc(Br)cc21. The maximum atomic E-state index is 10.8. The van der Waals surface area contributed by atoms with Crippen molar-refractivity contribution in [2.75, 3.05) is 0 Å². The lowest BCUT2D eigenvalue weighted by molar-refractivity contribution is 0.150. The highest BCUT2D eigenvalue weighted by Crippen LogP contribution is 2.48. The van der Waals surface area contributed by atoms with Crippen LogP contribution >= 0.6 is 31.9 Å². The van der Waals surface area contributed by atoms with E-state index >= 15 is 0 Å². The minimum absolute atomic E-state index is 0.757. The van der Waals surface area contributed by atoms with E-state index in [0.29, 0.717) is 0 Å². The van der Waals surface area contributed by atoms with E-state index < -0.39 is 5.60 Å². The molecule has 0 aromatic heterocycles. The van der Waals surface area contributed by atoms with Gasteiger partial charge in [0.25, 0.3) is 0 Å². The first-order valence-electron chi connectivity index (χ1n) is 5.37. The fourth-order valence-electron chi connectivity index (χ4n) is 2.40. The minimum Gasteiger partial charge on any atom is -0.369 e. The summed E-state index contributed by atoms with van der Waals surface area (Å²) >= 11 is 6.83. The van der Waals surface area contributed by atoms with Crippen LogP contribution in [0.15, 0.2) is 45.3 Å². The van der Waals surface area contributed by atoms with Crippen LogP contribution < -0.4 is 0 Å². The largest absolute Gasteiger partial charge is 0.369 e. The summed E-state index contributed by atoms with van der Waals surface area (Å²) in [6, 6.07) is 11.6. The Bertz CT molecular complexity index is 647. The van der Waals surface area contributed by atoms with Crippen molar-refractivity contribution in [2.45, 2.75) is 5.60 Å². The van der Waals surface area contributed by atoms with Crippen molar-refractivity contribution in [1.82, 2.24) is 0 Å². The van der Waals surface area contributed by atoms with Crippen LogP contribution in [-0.4, -0.2) is 5.11 Å². The molecule has 2 aromatic carbocycles. The summed E-state index contributed by atoms with van der Waals surface area (Å²) in [6.07, 6.45) is 5.57. The molecule has 0 fully saturated rings. The average molecular weight is 364 g/mol. The van der Waals surface area contributed by atoms with Gasteiger partial charge >= 0.3 is 0 Å². The molecule has 3 heteroatoms. The zero-order chi connectivity index (χ0) is 12.9. The fraction of sp³-hybridized carbons (Fsp3) is 0.0667. The second-order valence-electron chi connectivity index (χ2n) is 4.23. The van der Waals surface area contributed by atoms with Crippen LogP contribution in [0.3, 0.4) is 0 Å². The Morgan fingerprint density at radius 3 is 1.78 bits per heavy atom. The Hall–Kier alpha value is -1.08. The van der Waals surface area contributed by atoms with Crippen molar-refractivity contribution in [1.29, 1.82) is 0 Å². The monoisotopic (exact) mass is 362 g/mol. The Kier molecular flexibility index (Phi) is 2.63. The Morgan fingerprint density at radius 1 is 0.944 bits per heavy atom. The van der Waals surface area contributed by atoms with E-state index in [1.165, 1.54) is 0 Å². The van der Waals surface area contributed by atoms with Crippen molar-refractivity contribution in [3.05, 3.63) is 56.5 Å². The summed E-state index contributed by atoms with van der Waals surface area (Å²) in [5.41, 5.74) is 2.14. The standard InChI is InChI=1S/C15H8Br2O/c1-2-15(18)13-7-9(16)3-5-11(13)12-6-4-10(17)8-14(12)15/h1,3-8,18H. The third kappa shape index (κ3) is 1.50. The first kappa shape index (κ1) is 12.0. The normalized spacial score (nSPS) is 14.8. The molecular weight excluding hydrogens is 356 g/mol. The van der Waals surface area contributed by atoms with Crippen molar-refractivity contribution in [3.63, 3.8) is 0 Å². The van der Waals surface area contributed by atoms with E-state index in [1.807, 2.05) is 36.4 Å². The molecule has 0 saturated heterocycles. The van der Waals surface area contributed by atoms with Gasteiger partial charge in [0.2, 0.25) is 0 Å². The van der Waals surface area contributed by atoms with Crippen LogP contribution in [-0.2, 0) is 5.60 Å². The summed E-state index contributed by atoms with van der Waals surface area (Å²) in [6.45, 7) is 0. The summed E-state index contributed by atoms with van der Waals surface area (Å²) in [5.74, 6) is 2.52. The van der Waals surface area contributed by atoms with Gasteiger partial charge in [0.1, 0.15) is 0 Å². The first-order valence-corrected chi connectivity index (χ1v) is 6.95. The van der Waals surface area contributed by atoms with E-state index in [2.05, 4.69) is 37.8 Å². The molecule has 1 N–H and O–H groups in total. The molecule has 0 radical (unpaired) electrons. The average Bonchev–Trinajstić information content (AvgIpc) is 2.60. The van der Waals surface area contributed by atoms with E-state index in [-0.39, 0.29) is 0 Å². The lowest BCUT2D eigenvalue weighted by Gasteiger charge is -2.19. The van der Waals surface area contributed by atoms with Gasteiger partial charge in [0, 0.05) is 20.1 Å². The topological polar surface area (TPSA) is 20.2 Å². The number of hydrogen-bond acceptors (Lipinski definition) is 1. The third-order valence-electron chi connectivity index (χ3n) is 3.24. The summed E-state index contributed by atoms with van der Waals surface area (Å²) < 4.78 is 1.81. The van der Waals surface area contributed by atoms with Crippen LogP contribution in [0.1, 0.15) is 11.1 Å². The number of terminal acetylenes is 1. The molecule has 0 atom stereocenters. The molecule has 1 nitrogen and oxygen atoms in total. The molecule has 0 unspecified atom stereocenters. The van der Waals surface area contributed by atoms with Crippen LogP contribution in [0.2, 0.25) is 0 Å². The summed E-state index contributed by atoms with van der Waals surface area (Å²) in [5, 5.41) is 10.8. The number of benzene rings is 2. The molecule has 2 aromatic rings. The zero-order valence-corrected chi connectivity index (χ0v) is 12.4. The Labute approximate surface area is 122 Å². The van der Waals surface area contributed by atoms with Crippen molar-refractivity contribution < 1.29 is 5.11 Å². The molecule has 88 valence electrons. The summed E-state index contributed by atoms with van der Waals surface area (Å²) in [7, 11) is 0. The maximum Gasteiger partial charge on any atom is 0.177 e. The van der Waals surface area contributed by atoms with Crippen LogP contribution in [0.5, 0.6) is 0 Å². The minimum atomic E-state index is -1.35. The molecule has 0 spiro atoms. The fourth-order valence-corrected chi connectivity index (χ4v) is 3.12. The Balaban J connectivity index is 2.42. The zero-order valence-electron chi connectivity index (χ0n) is 9.24. The highest BCUT2D eigenvalue weighted by Gasteiger charge is 2.40. The van der Waals surface area contributed by atoms with Crippen molar-refractivity contribution in [2.24, 2.45) is 0 Å². The van der Waals surface area contributed by atoms with Gasteiger partial charge in [-0.25, -0.2) is 0 Å². The quantitative estimate of drug-likeness (QED) is 0.700. The highest BCUT2D eigenvalue weighted by atomic mass is 79.9. The molecule has 0 aliphatic heterocycles. The molecule has 1 aliphatic carbocycles. The number of hydrogen-bond donors (Lipinski definition) is 1. The smallest absolute Gasteiger partial charge is 0.177 e. The lowest BCUT2D eigenvalue weighted by Crippen LogP contribution is -2.21. The van der Waals surface area contributed by atoms with Crippen LogP contribution in [0, 0.1) is 12.3 Å². The van der Waals surface area contributed by atoms with Crippen molar-refractivity contribution in [3.8, 4) is 23.5 Å². The van der Waals surface area contributed by atoms with Gasteiger partial charge in [-0.3, -0.25) is 0 Å². The molecular formula is C15H8Br2O. The summed E-state index contributed by atoms with van der Waals surface area (Å²) in [4.78, 5) is 0. The van der Waals surface area contributed by atoms with Gasteiger partial charge in [-0.05, 0) is 35.4 Å². The Morgan fingerprint density at radius 2 is 1.39 bits per heavy atom. The van der Waals surface area contributed by atoms with Crippen LogP contribution in [0.4, 0.5) is 0 Å². The molecule has 0 heterocycles. The highest BCUT2D eigenvalue weighted by molar-refractivity contribution is 9.10. The number of fused-ring (bicyclic) bond motifs is 3. The van der Waals surface area contributed by atoms with E-state index in [9.17, 15) is 5.11 Å². The van der Waals surface area contributed by atoms with Gasteiger partial charge in [0.05, 0.1) is 0 Å². The van der Waals surface area contributed by atoms with Gasteiger partial charge in [0.15, 0.2) is 5.60 Å².